The molecule has 0 rings (SSSR count). The van der Waals surface area contributed by atoms with Crippen LogP contribution in [-0.2, 0) is 0 Å². The molecule has 0 aliphatic rings. The molecule has 0 heterocycles. The van der Waals surface area contributed by atoms with Crippen molar-refractivity contribution >= 4 is 5.71 Å². The Kier molecular flexibility index (Phi) is 9.71. The summed E-state index contributed by atoms with van der Waals surface area (Å²) in [6.45, 7) is 0. The Labute approximate surface area is 90.3 Å². The van der Waals surface area contributed by atoms with Gasteiger partial charge in [-0.15, -0.1) is 0 Å². The fraction of sp³-hybridized carbons (Fsp3) is 0. The van der Waals surface area contributed by atoms with E-state index < -0.39 is 5.71 Å². The van der Waals surface area contributed by atoms with Crippen LogP contribution in [0.15, 0.2) is 5.16 Å². The molecule has 4 nitrogen and oxygen atoms in total. The van der Waals surface area contributed by atoms with Gasteiger partial charge in [0.2, 0.25) is 0 Å². The van der Waals surface area contributed by atoms with E-state index in [1.807, 2.05) is 0 Å². The van der Waals surface area contributed by atoms with Crippen LogP contribution in [0.4, 0.5) is 0 Å². The first-order valence-electron chi connectivity index (χ1n) is 1.37. The van der Waals surface area contributed by atoms with Gasteiger partial charge in [0.25, 0.3) is 5.71 Å². The van der Waals surface area contributed by atoms with Crippen LogP contribution in [0.3, 0.4) is 0 Å². The van der Waals surface area contributed by atoms with Gasteiger partial charge in [0.15, 0.2) is 0 Å². The average Bonchev–Trinajstić information content (AvgIpc) is 1.72. The second-order valence-corrected chi connectivity index (χ2v) is 0.672. The molecule has 0 spiro atoms. The molecule has 0 bridgehead atoms. The van der Waals surface area contributed by atoms with Crippen molar-refractivity contribution in [2.45, 2.75) is 0 Å². The van der Waals surface area contributed by atoms with E-state index in [-0.39, 0.29) is 52.8 Å². The predicted octanol–water partition coefficient (Wildman–Crippen LogP) is -3.02. The second kappa shape index (κ2) is 7.09. The van der Waals surface area contributed by atoms with Gasteiger partial charge in [0, 0.05) is 0 Å². The minimum Gasteiger partial charge on any atom is -1.00 e. The van der Waals surface area contributed by atoms with E-state index in [9.17, 15) is 0 Å². The van der Waals surface area contributed by atoms with E-state index >= 15 is 0 Å². The minimum atomic E-state index is -0.528. The minimum absolute atomic E-state index is 0. The van der Waals surface area contributed by atoms with Gasteiger partial charge in [0.05, 0.1) is 0 Å². The van der Waals surface area contributed by atoms with Crippen LogP contribution < -0.4 is 51.4 Å². The van der Waals surface area contributed by atoms with Crippen molar-refractivity contribution in [2.75, 3.05) is 0 Å². The smallest absolute Gasteiger partial charge is 1.00 e. The zero-order valence-electron chi connectivity index (χ0n) is 5.29. The van der Waals surface area contributed by atoms with Gasteiger partial charge in [-0.3, -0.25) is 0 Å². The summed E-state index contributed by atoms with van der Waals surface area (Å²) in [5, 5.41) is 25.5. The molecule has 0 aromatic rings. The standard InChI is InChI=1S/C3HN3O.K.H/c4-1-3(2-5)6-7;;/h7H;;/q;+1;-1. The van der Waals surface area contributed by atoms with E-state index in [1.54, 1.807) is 0 Å². The Bertz CT molecular complexity index is 151. The van der Waals surface area contributed by atoms with Gasteiger partial charge in [-0.1, -0.05) is 5.16 Å². The third-order valence-corrected chi connectivity index (χ3v) is 0.312. The fourth-order valence-electron chi connectivity index (χ4n) is 0.0697. The molecule has 8 heavy (non-hydrogen) atoms. The Morgan fingerprint density at radius 3 is 1.88 bits per heavy atom. The SMILES string of the molecule is N#CC(C#N)=NO.[H-].[K+]. The zero-order valence-corrected chi connectivity index (χ0v) is 7.41. The second-order valence-electron chi connectivity index (χ2n) is 0.672. The topological polar surface area (TPSA) is 80.2 Å². The molecule has 0 aromatic carbocycles. The number of hydrogen-bond donors (Lipinski definition) is 1. The van der Waals surface area contributed by atoms with Gasteiger partial charge in [0.1, 0.15) is 12.1 Å². The Morgan fingerprint density at radius 2 is 1.88 bits per heavy atom. The number of oxime groups is 1. The summed E-state index contributed by atoms with van der Waals surface area (Å²) in [5.74, 6) is 0. The number of hydrogen-bond acceptors (Lipinski definition) is 4. The zero-order chi connectivity index (χ0) is 5.70. The first kappa shape index (κ1) is 11.0. The first-order chi connectivity index (χ1) is 3.35. The van der Waals surface area contributed by atoms with Crippen LogP contribution in [-0.4, -0.2) is 10.9 Å². The van der Waals surface area contributed by atoms with Crippen molar-refractivity contribution in [1.82, 2.24) is 0 Å². The molecular weight excluding hydrogens is 133 g/mol. The molecular formula is C3H2KN3O. The molecule has 0 fully saturated rings. The Balaban J connectivity index is -0.000000180. The molecule has 5 heteroatoms. The Hall–Kier alpha value is 0.0864. The van der Waals surface area contributed by atoms with Crippen LogP contribution in [0, 0.1) is 22.7 Å². The van der Waals surface area contributed by atoms with Crippen molar-refractivity contribution in [2.24, 2.45) is 5.16 Å². The Morgan fingerprint density at radius 1 is 1.50 bits per heavy atom. The molecule has 0 saturated heterocycles. The third kappa shape index (κ3) is 4.25. The van der Waals surface area contributed by atoms with Crippen LogP contribution in [0.1, 0.15) is 1.43 Å². The fourth-order valence-corrected chi connectivity index (χ4v) is 0.0697. The first-order valence-corrected chi connectivity index (χ1v) is 1.37. The van der Waals surface area contributed by atoms with E-state index in [0.717, 1.165) is 0 Å². The van der Waals surface area contributed by atoms with Gasteiger partial charge in [-0.2, -0.15) is 10.5 Å². The van der Waals surface area contributed by atoms with E-state index in [1.165, 1.54) is 12.1 Å². The van der Waals surface area contributed by atoms with Crippen molar-refractivity contribution in [3.05, 3.63) is 0 Å². The average molecular weight is 135 g/mol. The maximum atomic E-state index is 7.76. The van der Waals surface area contributed by atoms with Gasteiger partial charge < -0.3 is 6.63 Å². The monoisotopic (exact) mass is 135 g/mol. The summed E-state index contributed by atoms with van der Waals surface area (Å²) in [5.41, 5.74) is -0.528. The van der Waals surface area contributed by atoms with E-state index in [4.69, 9.17) is 15.7 Å². The van der Waals surface area contributed by atoms with Gasteiger partial charge >= 0.3 is 51.4 Å². The van der Waals surface area contributed by atoms with Crippen molar-refractivity contribution in [3.8, 4) is 12.1 Å². The largest absolute Gasteiger partial charge is 1.00 e. The summed E-state index contributed by atoms with van der Waals surface area (Å²) in [6.07, 6.45) is 0. The molecule has 1 N–H and O–H groups in total. The quantitative estimate of drug-likeness (QED) is 0.166. The molecule has 0 aliphatic carbocycles. The van der Waals surface area contributed by atoms with E-state index in [0.29, 0.717) is 0 Å². The van der Waals surface area contributed by atoms with Crippen molar-refractivity contribution < 1.29 is 58.0 Å². The molecule has 0 aromatic heterocycles. The summed E-state index contributed by atoms with van der Waals surface area (Å²) >= 11 is 0. The summed E-state index contributed by atoms with van der Waals surface area (Å²) < 4.78 is 0. The maximum absolute atomic E-state index is 7.76. The van der Waals surface area contributed by atoms with Crippen LogP contribution in [0.5, 0.6) is 0 Å². The summed E-state index contributed by atoms with van der Waals surface area (Å²) in [7, 11) is 0. The molecule has 0 unspecified atom stereocenters. The summed E-state index contributed by atoms with van der Waals surface area (Å²) in [4.78, 5) is 0. The van der Waals surface area contributed by atoms with Gasteiger partial charge in [-0.25, -0.2) is 0 Å². The number of nitrogens with zero attached hydrogens (tertiary/aromatic N) is 3. The van der Waals surface area contributed by atoms with Crippen molar-refractivity contribution in [3.63, 3.8) is 0 Å². The molecule has 0 atom stereocenters. The number of rotatable bonds is 0. The van der Waals surface area contributed by atoms with E-state index in [2.05, 4.69) is 5.16 Å². The van der Waals surface area contributed by atoms with Crippen LogP contribution in [0.25, 0.3) is 0 Å². The van der Waals surface area contributed by atoms with Crippen molar-refractivity contribution in [1.29, 1.82) is 10.5 Å². The third-order valence-electron chi connectivity index (χ3n) is 0.312. The maximum Gasteiger partial charge on any atom is 1.00 e. The summed E-state index contributed by atoms with van der Waals surface area (Å²) in [6, 6.07) is 2.68. The molecule has 0 saturated carbocycles. The molecule has 0 aliphatic heterocycles. The number of nitriles is 2. The molecule has 36 valence electrons. The molecule has 0 amide bonds. The van der Waals surface area contributed by atoms with Gasteiger partial charge in [-0.05, 0) is 0 Å². The predicted molar refractivity (Wildman–Crippen MR) is 21.6 cm³/mol. The van der Waals surface area contributed by atoms with Crippen LogP contribution >= 0.6 is 0 Å². The molecule has 0 radical (unpaired) electrons. The van der Waals surface area contributed by atoms with Crippen LogP contribution in [0.2, 0.25) is 0 Å². The normalized spacial score (nSPS) is 4.75.